The number of fused-ring (bicyclic) bond motifs is 1. The topological polar surface area (TPSA) is 46.6 Å². The van der Waals surface area contributed by atoms with Crippen molar-refractivity contribution in [2.75, 3.05) is 7.11 Å². The van der Waals surface area contributed by atoms with Crippen molar-refractivity contribution in [3.63, 3.8) is 0 Å². The van der Waals surface area contributed by atoms with E-state index >= 15 is 0 Å². The maximum Gasteiger partial charge on any atom is 0.255 e. The highest BCUT2D eigenvalue weighted by atomic mass is 16.5. The third kappa shape index (κ3) is 2.53. The first kappa shape index (κ1) is 17.9. The van der Waals surface area contributed by atoms with Gasteiger partial charge in [0.05, 0.1) is 12.7 Å². The lowest BCUT2D eigenvalue weighted by atomic mass is 9.75. The number of ketones is 1. The summed E-state index contributed by atoms with van der Waals surface area (Å²) in [6, 6.07) is 14.2. The number of methoxy groups -OCH3 is 1. The van der Waals surface area contributed by atoms with Gasteiger partial charge in [-0.2, -0.15) is 0 Å². The zero-order chi connectivity index (χ0) is 19.1. The molecule has 0 bridgehead atoms. The molecule has 1 heterocycles. The first-order valence-corrected chi connectivity index (χ1v) is 8.63. The summed E-state index contributed by atoms with van der Waals surface area (Å²) in [7, 11) is 1.60. The van der Waals surface area contributed by atoms with Gasteiger partial charge in [0.2, 0.25) is 0 Å². The molecule has 1 atom stereocenters. The lowest BCUT2D eigenvalue weighted by Crippen LogP contribution is -2.61. The lowest BCUT2D eigenvalue weighted by molar-refractivity contribution is 0.0433. The molecule has 3 rings (SSSR count). The van der Waals surface area contributed by atoms with Gasteiger partial charge in [-0.25, -0.2) is 0 Å². The third-order valence-corrected chi connectivity index (χ3v) is 5.09. The highest BCUT2D eigenvalue weighted by Gasteiger charge is 2.51. The van der Waals surface area contributed by atoms with Crippen LogP contribution in [0.15, 0.2) is 55.1 Å². The van der Waals surface area contributed by atoms with E-state index in [1.54, 1.807) is 43.2 Å². The van der Waals surface area contributed by atoms with Gasteiger partial charge in [-0.15, -0.1) is 0 Å². The molecule has 0 aromatic heterocycles. The van der Waals surface area contributed by atoms with E-state index in [1.807, 2.05) is 38.1 Å². The van der Waals surface area contributed by atoms with E-state index < -0.39 is 5.54 Å². The molecule has 1 aliphatic heterocycles. The molecule has 1 amide bonds. The van der Waals surface area contributed by atoms with Gasteiger partial charge in [0.15, 0.2) is 5.78 Å². The Labute approximate surface area is 154 Å². The number of hydrogen-bond acceptors (Lipinski definition) is 3. The number of nitrogens with zero attached hydrogens (tertiary/aromatic N) is 1. The van der Waals surface area contributed by atoms with E-state index in [2.05, 4.69) is 6.58 Å². The van der Waals surface area contributed by atoms with E-state index in [0.29, 0.717) is 16.7 Å². The van der Waals surface area contributed by atoms with Crippen LogP contribution in [0.5, 0.6) is 5.75 Å². The van der Waals surface area contributed by atoms with Crippen LogP contribution in [0.2, 0.25) is 0 Å². The van der Waals surface area contributed by atoms with Crippen LogP contribution in [0.3, 0.4) is 0 Å². The van der Waals surface area contributed by atoms with Crippen molar-refractivity contribution in [1.82, 2.24) is 4.90 Å². The minimum Gasteiger partial charge on any atom is -0.497 e. The number of carbonyl (C=O) groups is 2. The fraction of sp³-hybridized carbons (Fsp3) is 0.273. The summed E-state index contributed by atoms with van der Waals surface area (Å²) < 4.78 is 5.20. The van der Waals surface area contributed by atoms with Crippen LogP contribution in [0.25, 0.3) is 5.57 Å². The average Bonchev–Trinajstić information content (AvgIpc) is 2.65. The van der Waals surface area contributed by atoms with Crippen LogP contribution in [0.4, 0.5) is 0 Å². The fourth-order valence-electron chi connectivity index (χ4n) is 3.68. The SMILES string of the molecule is C=C(c1ccc(OC)cc1)C1(C)C(=O)c2ccccc2C(=O)N1C(C)C. The van der Waals surface area contributed by atoms with Crippen molar-refractivity contribution in [3.8, 4) is 5.75 Å². The molecule has 2 aromatic carbocycles. The summed E-state index contributed by atoms with van der Waals surface area (Å²) in [6.45, 7) is 9.83. The second kappa shape index (κ2) is 6.45. The summed E-state index contributed by atoms with van der Waals surface area (Å²) >= 11 is 0. The van der Waals surface area contributed by atoms with Gasteiger partial charge in [-0.1, -0.05) is 36.9 Å². The average molecular weight is 349 g/mol. The van der Waals surface area contributed by atoms with Crippen molar-refractivity contribution in [2.24, 2.45) is 0 Å². The van der Waals surface area contributed by atoms with E-state index in [0.717, 1.165) is 11.3 Å². The first-order chi connectivity index (χ1) is 12.3. The normalized spacial score (nSPS) is 19.5. The van der Waals surface area contributed by atoms with Crippen LogP contribution in [-0.2, 0) is 0 Å². The summed E-state index contributed by atoms with van der Waals surface area (Å²) in [4.78, 5) is 28.3. The predicted molar refractivity (Wildman–Crippen MR) is 103 cm³/mol. The maximum absolute atomic E-state index is 13.5. The van der Waals surface area contributed by atoms with E-state index in [1.165, 1.54) is 0 Å². The van der Waals surface area contributed by atoms with Crippen LogP contribution in [0.1, 0.15) is 47.1 Å². The van der Waals surface area contributed by atoms with Gasteiger partial charge in [0.25, 0.3) is 5.91 Å². The number of Topliss-reactive ketones (excluding diaryl/α,β-unsaturated/α-hetero) is 1. The fourth-order valence-corrected chi connectivity index (χ4v) is 3.68. The second-order valence-electron chi connectivity index (χ2n) is 6.92. The summed E-state index contributed by atoms with van der Waals surface area (Å²) in [6.07, 6.45) is 0. The van der Waals surface area contributed by atoms with Crippen LogP contribution >= 0.6 is 0 Å². The van der Waals surface area contributed by atoms with E-state index in [4.69, 9.17) is 4.74 Å². The van der Waals surface area contributed by atoms with Gasteiger partial charge in [0.1, 0.15) is 11.3 Å². The van der Waals surface area contributed by atoms with Gasteiger partial charge >= 0.3 is 0 Å². The van der Waals surface area contributed by atoms with Gasteiger partial charge < -0.3 is 9.64 Å². The van der Waals surface area contributed by atoms with E-state index in [-0.39, 0.29) is 17.7 Å². The lowest BCUT2D eigenvalue weighted by Gasteiger charge is -2.47. The minimum absolute atomic E-state index is 0.109. The Morgan fingerprint density at radius 1 is 1.04 bits per heavy atom. The van der Waals surface area contributed by atoms with Crippen molar-refractivity contribution in [2.45, 2.75) is 32.4 Å². The molecule has 0 fully saturated rings. The molecule has 1 aliphatic rings. The molecular formula is C22H23NO3. The Morgan fingerprint density at radius 2 is 1.62 bits per heavy atom. The molecule has 134 valence electrons. The molecule has 0 aliphatic carbocycles. The molecule has 0 spiro atoms. The predicted octanol–water partition coefficient (Wildman–Crippen LogP) is 4.21. The quantitative estimate of drug-likeness (QED) is 0.830. The molecule has 0 saturated carbocycles. The van der Waals surface area contributed by atoms with Crippen LogP contribution in [-0.4, -0.2) is 35.3 Å². The van der Waals surface area contributed by atoms with Crippen molar-refractivity contribution in [3.05, 3.63) is 71.8 Å². The molecule has 0 radical (unpaired) electrons. The Balaban J connectivity index is 2.16. The van der Waals surface area contributed by atoms with Crippen LogP contribution in [0, 0.1) is 0 Å². The molecule has 26 heavy (non-hydrogen) atoms. The number of ether oxygens (including phenoxy) is 1. The number of rotatable bonds is 4. The molecule has 0 saturated heterocycles. The molecule has 2 aromatic rings. The standard InChI is InChI=1S/C22H23NO3/c1-14(2)23-21(25)19-9-7-6-8-18(19)20(24)22(23,4)15(3)16-10-12-17(26-5)13-11-16/h6-14H,3H2,1-2,4-5H3. The second-order valence-corrected chi connectivity index (χ2v) is 6.92. The Bertz CT molecular complexity index is 883. The molecule has 4 heteroatoms. The smallest absolute Gasteiger partial charge is 0.255 e. The minimum atomic E-state index is -1.14. The first-order valence-electron chi connectivity index (χ1n) is 8.63. The highest BCUT2D eigenvalue weighted by molar-refractivity contribution is 6.22. The van der Waals surface area contributed by atoms with Crippen molar-refractivity contribution < 1.29 is 14.3 Å². The molecule has 4 nitrogen and oxygen atoms in total. The highest BCUT2D eigenvalue weighted by Crippen LogP contribution is 2.41. The van der Waals surface area contributed by atoms with Gasteiger partial charge in [-0.05, 0) is 50.1 Å². The van der Waals surface area contributed by atoms with Crippen molar-refractivity contribution >= 4 is 17.3 Å². The molecule has 1 unspecified atom stereocenters. The van der Waals surface area contributed by atoms with Gasteiger partial charge in [0, 0.05) is 11.6 Å². The Hall–Kier alpha value is -2.88. The maximum atomic E-state index is 13.5. The largest absolute Gasteiger partial charge is 0.497 e. The summed E-state index contributed by atoms with van der Waals surface area (Å²) in [5.41, 5.74) is 1.16. The van der Waals surface area contributed by atoms with E-state index in [9.17, 15) is 9.59 Å². The number of amides is 1. The summed E-state index contributed by atoms with van der Waals surface area (Å²) in [5.74, 6) is 0.471. The zero-order valence-electron chi connectivity index (χ0n) is 15.6. The number of hydrogen-bond donors (Lipinski definition) is 0. The van der Waals surface area contributed by atoms with Crippen LogP contribution < -0.4 is 4.74 Å². The molecule has 0 N–H and O–H groups in total. The monoisotopic (exact) mass is 349 g/mol. The van der Waals surface area contributed by atoms with Gasteiger partial charge in [-0.3, -0.25) is 9.59 Å². The van der Waals surface area contributed by atoms with Crippen molar-refractivity contribution in [1.29, 1.82) is 0 Å². The molecular weight excluding hydrogens is 326 g/mol. The number of carbonyl (C=O) groups excluding carboxylic acids is 2. The Kier molecular flexibility index (Phi) is 4.45. The summed E-state index contributed by atoms with van der Waals surface area (Å²) in [5, 5.41) is 0. The Morgan fingerprint density at radius 3 is 2.15 bits per heavy atom. The third-order valence-electron chi connectivity index (χ3n) is 5.09. The zero-order valence-corrected chi connectivity index (χ0v) is 15.6. The number of benzene rings is 2.